The molecule has 3 rings (SSSR count). The highest BCUT2D eigenvalue weighted by molar-refractivity contribution is 9.09. The van der Waals surface area contributed by atoms with E-state index in [2.05, 4.69) is 50.5 Å². The van der Waals surface area contributed by atoms with Crippen molar-refractivity contribution in [2.45, 2.75) is 105 Å². The molecule has 0 heterocycles. The minimum Gasteiger partial charge on any atom is -0.469 e. The number of alkyl halides is 1. The number of ether oxygens (including phenoxy) is 1. The number of carbonyl (C=O) groups excluding carboxylic acids is 1. The molecule has 3 saturated carbocycles. The number of esters is 1. The van der Waals surface area contributed by atoms with Crippen LogP contribution in [-0.2, 0) is 9.53 Å². The molecule has 0 unspecified atom stereocenters. The minimum atomic E-state index is -0.0338. The maximum absolute atomic E-state index is 12.0. The first-order valence-corrected chi connectivity index (χ1v) is 14.4. The molecule has 8 atom stereocenters. The van der Waals surface area contributed by atoms with Crippen LogP contribution in [0.1, 0.15) is 105 Å². The molecule has 180 valence electrons. The molecule has 2 nitrogen and oxygen atoms in total. The number of rotatable bonds is 9. The van der Waals surface area contributed by atoms with Crippen molar-refractivity contribution in [3.63, 3.8) is 0 Å². The van der Waals surface area contributed by atoms with Gasteiger partial charge in [0, 0.05) is 11.8 Å². The van der Waals surface area contributed by atoms with E-state index in [0.29, 0.717) is 17.8 Å². The summed E-state index contributed by atoms with van der Waals surface area (Å²) >= 11 is 3.84. The fraction of sp³-hybridized carbons (Fsp3) is 0.964. The van der Waals surface area contributed by atoms with Crippen molar-refractivity contribution in [3.8, 4) is 0 Å². The second kappa shape index (κ2) is 10.5. The third kappa shape index (κ3) is 5.07. The van der Waals surface area contributed by atoms with E-state index in [4.69, 9.17) is 4.74 Å². The Bertz CT molecular complexity index is 604. The Balaban J connectivity index is 1.73. The van der Waals surface area contributed by atoms with Gasteiger partial charge in [-0.15, -0.1) is 0 Å². The van der Waals surface area contributed by atoms with Crippen LogP contribution < -0.4 is 0 Å². The summed E-state index contributed by atoms with van der Waals surface area (Å²) in [5.41, 5.74) is 0.811. The summed E-state index contributed by atoms with van der Waals surface area (Å²) in [7, 11) is 1.53. The van der Waals surface area contributed by atoms with E-state index in [1.165, 1.54) is 64.9 Å². The Hall–Kier alpha value is -0.0500. The van der Waals surface area contributed by atoms with Crippen molar-refractivity contribution in [2.75, 3.05) is 12.4 Å². The molecule has 0 aromatic rings. The zero-order valence-electron chi connectivity index (χ0n) is 21.2. The predicted octanol–water partition coefficient (Wildman–Crippen LogP) is 8.27. The van der Waals surface area contributed by atoms with Crippen molar-refractivity contribution < 1.29 is 9.53 Å². The molecular formula is C28H49BrO2. The van der Waals surface area contributed by atoms with Crippen LogP contribution >= 0.6 is 15.9 Å². The van der Waals surface area contributed by atoms with Crippen LogP contribution in [0.5, 0.6) is 0 Å². The van der Waals surface area contributed by atoms with Gasteiger partial charge in [0.1, 0.15) is 0 Å². The van der Waals surface area contributed by atoms with Crippen LogP contribution in [0.25, 0.3) is 0 Å². The molecule has 0 aromatic heterocycles. The Kier molecular flexibility index (Phi) is 8.64. The van der Waals surface area contributed by atoms with E-state index < -0.39 is 0 Å². The van der Waals surface area contributed by atoms with Crippen molar-refractivity contribution in [1.29, 1.82) is 0 Å². The molecule has 0 aliphatic heterocycles. The Labute approximate surface area is 201 Å². The third-order valence-corrected chi connectivity index (χ3v) is 11.3. The van der Waals surface area contributed by atoms with Crippen LogP contribution in [0, 0.1) is 52.3 Å². The standard InChI is InChI=1S/C28H49BrO2/c1-19(2)8-7-9-20(3)23-12-13-24-22-11-10-21(18-29)27(4,17-15-26(30)31-6)25(22)14-16-28(23,24)5/h19-25H,7-18H2,1-6H3/t20-,21+,22+,23-,24+,25+,27+,28-/m1/s1. The summed E-state index contributed by atoms with van der Waals surface area (Å²) in [6.07, 6.45) is 14.2. The first-order valence-electron chi connectivity index (χ1n) is 13.3. The summed E-state index contributed by atoms with van der Waals surface area (Å²) in [5, 5.41) is 1.07. The Morgan fingerprint density at radius 2 is 1.77 bits per heavy atom. The lowest BCUT2D eigenvalue weighted by Crippen LogP contribution is -2.52. The molecule has 31 heavy (non-hydrogen) atoms. The highest BCUT2D eigenvalue weighted by atomic mass is 79.9. The summed E-state index contributed by atoms with van der Waals surface area (Å²) in [5.74, 6) is 5.82. The highest BCUT2D eigenvalue weighted by Crippen LogP contribution is 2.67. The maximum Gasteiger partial charge on any atom is 0.305 e. The van der Waals surface area contributed by atoms with Gasteiger partial charge in [0.05, 0.1) is 7.11 Å². The molecule has 0 saturated heterocycles. The van der Waals surface area contributed by atoms with Gasteiger partial charge < -0.3 is 4.74 Å². The van der Waals surface area contributed by atoms with Gasteiger partial charge in [0.2, 0.25) is 0 Å². The predicted molar refractivity (Wildman–Crippen MR) is 134 cm³/mol. The van der Waals surface area contributed by atoms with Gasteiger partial charge in [-0.3, -0.25) is 4.79 Å². The van der Waals surface area contributed by atoms with E-state index in [9.17, 15) is 4.79 Å². The first kappa shape index (κ1) is 25.6. The molecule has 0 spiro atoms. The molecule has 0 N–H and O–H groups in total. The number of hydrogen-bond acceptors (Lipinski definition) is 2. The second-order valence-electron chi connectivity index (χ2n) is 12.4. The fourth-order valence-electron chi connectivity index (χ4n) is 8.68. The molecule has 0 bridgehead atoms. The van der Waals surface area contributed by atoms with Crippen LogP contribution in [0.15, 0.2) is 0 Å². The molecule has 3 heteroatoms. The third-order valence-electron chi connectivity index (χ3n) is 10.5. The molecule has 3 aliphatic rings. The molecule has 3 fully saturated rings. The summed E-state index contributed by atoms with van der Waals surface area (Å²) in [4.78, 5) is 12.0. The average molecular weight is 498 g/mol. The van der Waals surface area contributed by atoms with Crippen LogP contribution in [0.2, 0.25) is 0 Å². The van der Waals surface area contributed by atoms with Crippen LogP contribution in [-0.4, -0.2) is 18.4 Å². The van der Waals surface area contributed by atoms with Crippen LogP contribution in [0.3, 0.4) is 0 Å². The lowest BCUT2D eigenvalue weighted by molar-refractivity contribution is -0.143. The fourth-order valence-corrected chi connectivity index (χ4v) is 9.74. The van der Waals surface area contributed by atoms with Gasteiger partial charge in [-0.2, -0.15) is 0 Å². The normalized spacial score (nSPS) is 41.0. The lowest BCUT2D eigenvalue weighted by Gasteiger charge is -2.59. The van der Waals surface area contributed by atoms with E-state index in [0.717, 1.165) is 47.3 Å². The molecule has 0 amide bonds. The number of fused-ring (bicyclic) bond motifs is 3. The average Bonchev–Trinajstić information content (AvgIpc) is 3.09. The van der Waals surface area contributed by atoms with Gasteiger partial charge in [-0.05, 0) is 97.2 Å². The zero-order chi connectivity index (χ0) is 22.8. The van der Waals surface area contributed by atoms with Gasteiger partial charge in [-0.1, -0.05) is 69.8 Å². The van der Waals surface area contributed by atoms with Crippen LogP contribution in [0.4, 0.5) is 0 Å². The SMILES string of the molecule is COC(=O)CC[C@@]1(C)[C@H](CBr)CC[C@@H]2[C@@H]1CC[C@]1(C)[C@@H]([C@H](C)CCCC(C)C)CC[C@@H]21. The highest BCUT2D eigenvalue weighted by Gasteiger charge is 2.59. The van der Waals surface area contributed by atoms with Crippen molar-refractivity contribution in [2.24, 2.45) is 52.3 Å². The first-order chi connectivity index (χ1) is 14.7. The van der Waals surface area contributed by atoms with E-state index in [-0.39, 0.29) is 11.4 Å². The van der Waals surface area contributed by atoms with E-state index in [1.807, 2.05) is 0 Å². The van der Waals surface area contributed by atoms with Gasteiger partial charge in [0.25, 0.3) is 0 Å². The lowest BCUT2D eigenvalue weighted by atomic mass is 9.46. The largest absolute Gasteiger partial charge is 0.469 e. The maximum atomic E-state index is 12.0. The monoisotopic (exact) mass is 496 g/mol. The number of hydrogen-bond donors (Lipinski definition) is 0. The molecule has 0 radical (unpaired) electrons. The second-order valence-corrected chi connectivity index (χ2v) is 13.1. The molecule has 0 aromatic carbocycles. The summed E-state index contributed by atoms with van der Waals surface area (Å²) in [6, 6.07) is 0. The Morgan fingerprint density at radius 3 is 2.42 bits per heavy atom. The van der Waals surface area contributed by atoms with Gasteiger partial charge in [0.15, 0.2) is 0 Å². The molecular weight excluding hydrogens is 448 g/mol. The molecule has 3 aliphatic carbocycles. The number of methoxy groups -OCH3 is 1. The van der Waals surface area contributed by atoms with E-state index >= 15 is 0 Å². The topological polar surface area (TPSA) is 26.3 Å². The van der Waals surface area contributed by atoms with Gasteiger partial charge >= 0.3 is 5.97 Å². The van der Waals surface area contributed by atoms with Crippen molar-refractivity contribution in [1.82, 2.24) is 0 Å². The minimum absolute atomic E-state index is 0.0338. The zero-order valence-corrected chi connectivity index (χ0v) is 22.8. The van der Waals surface area contributed by atoms with Gasteiger partial charge in [-0.25, -0.2) is 0 Å². The quantitative estimate of drug-likeness (QED) is 0.237. The van der Waals surface area contributed by atoms with Crippen molar-refractivity contribution >= 4 is 21.9 Å². The summed E-state index contributed by atoms with van der Waals surface area (Å²) < 4.78 is 5.01. The Morgan fingerprint density at radius 1 is 1.03 bits per heavy atom. The van der Waals surface area contributed by atoms with E-state index in [1.54, 1.807) is 0 Å². The smallest absolute Gasteiger partial charge is 0.305 e. The van der Waals surface area contributed by atoms with Crippen molar-refractivity contribution in [3.05, 3.63) is 0 Å². The summed E-state index contributed by atoms with van der Waals surface area (Å²) in [6.45, 7) is 12.5. The number of halogens is 1. The number of carbonyl (C=O) groups is 1.